The van der Waals surface area contributed by atoms with Gasteiger partial charge in [0.2, 0.25) is 6.79 Å². The highest BCUT2D eigenvalue weighted by Crippen LogP contribution is 2.40. The summed E-state index contributed by atoms with van der Waals surface area (Å²) < 4.78 is 23.2. The zero-order chi connectivity index (χ0) is 28.8. The molecule has 0 radical (unpaired) electrons. The lowest BCUT2D eigenvalue weighted by atomic mass is 9.88. The smallest absolute Gasteiger partial charge is 0.309 e. The lowest BCUT2D eigenvalue weighted by Crippen LogP contribution is -2.38. The van der Waals surface area contributed by atoms with Gasteiger partial charge < -0.3 is 29.0 Å². The van der Waals surface area contributed by atoms with Crippen LogP contribution in [0.3, 0.4) is 0 Å². The fraction of sp³-hybridized carbons (Fsp3) is 0.382. The van der Waals surface area contributed by atoms with E-state index in [1.54, 1.807) is 12.1 Å². The predicted octanol–water partition coefficient (Wildman–Crippen LogP) is 6.53. The molecule has 1 saturated carbocycles. The van der Waals surface area contributed by atoms with Crippen molar-refractivity contribution in [3.63, 3.8) is 0 Å². The maximum Gasteiger partial charge on any atom is 0.309 e. The fourth-order valence-corrected chi connectivity index (χ4v) is 5.13. The minimum atomic E-state index is -0.326. The van der Waals surface area contributed by atoms with Crippen LogP contribution in [-0.2, 0) is 9.53 Å². The molecule has 1 unspecified atom stereocenters. The van der Waals surface area contributed by atoms with Crippen LogP contribution < -0.4 is 14.2 Å². The number of esters is 1. The molecular formula is C34H39NO6. The standard InChI is InChI=1S/C34H39NO6/c1-4-30(26-13-18-31-32(19-26)40-22-39-31)33(23-9-14-27(36)15-10-23)24-11-16-28(17-12-24)38-21-29(20-35(5-2)6-3)41-34(37)25-7-8-25/h9-19,25,29,36H,4-8,20-22H2,1-3H3/b33-30-. The molecule has 0 bridgehead atoms. The first kappa shape index (κ1) is 28.6. The van der Waals surface area contributed by atoms with Gasteiger partial charge in [0.15, 0.2) is 11.5 Å². The molecule has 3 aromatic carbocycles. The number of rotatable bonds is 13. The van der Waals surface area contributed by atoms with Gasteiger partial charge >= 0.3 is 5.97 Å². The number of benzene rings is 3. The van der Waals surface area contributed by atoms with E-state index >= 15 is 0 Å². The molecule has 5 rings (SSSR count). The number of hydrogen-bond acceptors (Lipinski definition) is 7. The van der Waals surface area contributed by atoms with Gasteiger partial charge in [0.1, 0.15) is 24.2 Å². The quantitative estimate of drug-likeness (QED) is 0.189. The van der Waals surface area contributed by atoms with E-state index in [1.807, 2.05) is 36.4 Å². The number of phenols is 1. The first-order chi connectivity index (χ1) is 20.0. The Balaban J connectivity index is 1.40. The fourth-order valence-electron chi connectivity index (χ4n) is 5.13. The number of hydrogen-bond donors (Lipinski definition) is 1. The average molecular weight is 558 g/mol. The van der Waals surface area contributed by atoms with Crippen molar-refractivity contribution in [3.05, 3.63) is 83.4 Å². The third kappa shape index (κ3) is 7.03. The van der Waals surface area contributed by atoms with Gasteiger partial charge in [-0.1, -0.05) is 51.1 Å². The molecule has 7 heteroatoms. The van der Waals surface area contributed by atoms with Crippen LogP contribution in [0.25, 0.3) is 11.1 Å². The summed E-state index contributed by atoms with van der Waals surface area (Å²) in [6, 6.07) is 21.3. The number of likely N-dealkylation sites (N-methyl/N-ethyl adjacent to an activating group) is 1. The Morgan fingerprint density at radius 2 is 1.54 bits per heavy atom. The van der Waals surface area contributed by atoms with E-state index in [0.717, 1.165) is 71.7 Å². The summed E-state index contributed by atoms with van der Waals surface area (Å²) in [7, 11) is 0. The Labute approximate surface area is 242 Å². The van der Waals surface area contributed by atoms with E-state index in [2.05, 4.69) is 43.9 Å². The Kier molecular flexibility index (Phi) is 9.14. The minimum Gasteiger partial charge on any atom is -0.508 e. The van der Waals surface area contributed by atoms with Crippen LogP contribution in [0.5, 0.6) is 23.0 Å². The molecule has 216 valence electrons. The summed E-state index contributed by atoms with van der Waals surface area (Å²) in [4.78, 5) is 14.6. The maximum absolute atomic E-state index is 12.4. The van der Waals surface area contributed by atoms with Crippen LogP contribution in [0.2, 0.25) is 0 Å². The van der Waals surface area contributed by atoms with Crippen molar-refractivity contribution >= 4 is 17.1 Å². The maximum atomic E-state index is 12.4. The van der Waals surface area contributed by atoms with Gasteiger partial charge in [-0.2, -0.15) is 0 Å². The summed E-state index contributed by atoms with van der Waals surface area (Å²) >= 11 is 0. The van der Waals surface area contributed by atoms with Crippen LogP contribution >= 0.6 is 0 Å². The van der Waals surface area contributed by atoms with Crippen molar-refractivity contribution in [1.29, 1.82) is 0 Å². The second kappa shape index (κ2) is 13.1. The van der Waals surface area contributed by atoms with Crippen LogP contribution in [0, 0.1) is 5.92 Å². The molecule has 0 aromatic heterocycles. The van der Waals surface area contributed by atoms with E-state index < -0.39 is 0 Å². The van der Waals surface area contributed by atoms with E-state index in [1.165, 1.54) is 0 Å². The van der Waals surface area contributed by atoms with Crippen molar-refractivity contribution in [2.24, 2.45) is 5.92 Å². The first-order valence-corrected chi connectivity index (χ1v) is 14.6. The van der Waals surface area contributed by atoms with E-state index in [4.69, 9.17) is 18.9 Å². The monoisotopic (exact) mass is 557 g/mol. The molecule has 3 aromatic rings. The lowest BCUT2D eigenvalue weighted by molar-refractivity contribution is -0.153. The van der Waals surface area contributed by atoms with Crippen molar-refractivity contribution in [3.8, 4) is 23.0 Å². The van der Waals surface area contributed by atoms with Crippen molar-refractivity contribution in [2.75, 3.05) is 33.0 Å². The Morgan fingerprint density at radius 1 is 0.902 bits per heavy atom. The second-order valence-electron chi connectivity index (χ2n) is 10.5. The van der Waals surface area contributed by atoms with Gasteiger partial charge in [0.05, 0.1) is 5.92 Å². The number of allylic oxidation sites excluding steroid dienone is 1. The van der Waals surface area contributed by atoms with E-state index in [9.17, 15) is 9.90 Å². The molecule has 0 amide bonds. The van der Waals surface area contributed by atoms with Crippen LogP contribution in [-0.4, -0.2) is 55.1 Å². The van der Waals surface area contributed by atoms with Crippen molar-refractivity contribution < 1.29 is 28.8 Å². The number of ether oxygens (including phenoxy) is 4. The lowest BCUT2D eigenvalue weighted by Gasteiger charge is -2.25. The molecule has 1 aliphatic carbocycles. The highest BCUT2D eigenvalue weighted by molar-refractivity contribution is 5.99. The topological polar surface area (TPSA) is 77.5 Å². The highest BCUT2D eigenvalue weighted by Gasteiger charge is 2.33. The van der Waals surface area contributed by atoms with Crippen LogP contribution in [0.1, 0.15) is 56.7 Å². The Bertz CT molecular complexity index is 1360. The van der Waals surface area contributed by atoms with Gasteiger partial charge in [0.25, 0.3) is 0 Å². The van der Waals surface area contributed by atoms with Gasteiger partial charge in [-0.25, -0.2) is 0 Å². The molecule has 1 N–H and O–H groups in total. The third-order valence-corrected chi connectivity index (χ3v) is 7.66. The molecule has 1 heterocycles. The number of carbonyl (C=O) groups excluding carboxylic acids is 1. The zero-order valence-electron chi connectivity index (χ0n) is 24.1. The van der Waals surface area contributed by atoms with Gasteiger partial charge in [-0.15, -0.1) is 0 Å². The molecule has 1 aliphatic heterocycles. The molecule has 2 aliphatic rings. The number of fused-ring (bicyclic) bond motifs is 1. The van der Waals surface area contributed by atoms with Crippen LogP contribution in [0.4, 0.5) is 0 Å². The molecule has 1 atom stereocenters. The molecule has 41 heavy (non-hydrogen) atoms. The van der Waals surface area contributed by atoms with Gasteiger partial charge in [-0.05, 0) is 96.6 Å². The summed E-state index contributed by atoms with van der Waals surface area (Å²) in [5.74, 6) is 2.37. The Hall–Kier alpha value is -3.97. The summed E-state index contributed by atoms with van der Waals surface area (Å²) in [5, 5.41) is 9.95. The largest absolute Gasteiger partial charge is 0.508 e. The second-order valence-corrected chi connectivity index (χ2v) is 10.5. The molecule has 7 nitrogen and oxygen atoms in total. The van der Waals surface area contributed by atoms with E-state index in [0.29, 0.717) is 18.9 Å². The zero-order valence-corrected chi connectivity index (χ0v) is 24.1. The SMILES string of the molecule is CC/C(=C(\c1ccc(O)cc1)c1ccc(OCC(CN(CC)CC)OC(=O)C2CC2)cc1)c1ccc2c(c1)OCO2. The molecule has 0 spiro atoms. The number of carbonyl (C=O) groups is 1. The number of aromatic hydroxyl groups is 1. The molecule has 1 fully saturated rings. The summed E-state index contributed by atoms with van der Waals surface area (Å²) in [6.45, 7) is 9.30. The minimum absolute atomic E-state index is 0.0520. The van der Waals surface area contributed by atoms with Gasteiger partial charge in [-0.3, -0.25) is 4.79 Å². The third-order valence-electron chi connectivity index (χ3n) is 7.66. The van der Waals surface area contributed by atoms with Crippen LogP contribution in [0.15, 0.2) is 66.7 Å². The average Bonchev–Trinajstić information content (AvgIpc) is 3.75. The van der Waals surface area contributed by atoms with Crippen molar-refractivity contribution in [2.45, 2.75) is 46.1 Å². The van der Waals surface area contributed by atoms with Crippen molar-refractivity contribution in [1.82, 2.24) is 4.90 Å². The van der Waals surface area contributed by atoms with E-state index in [-0.39, 0.29) is 30.5 Å². The number of nitrogens with zero attached hydrogens (tertiary/aromatic N) is 1. The predicted molar refractivity (Wildman–Crippen MR) is 159 cm³/mol. The normalized spacial score (nSPS) is 15.4. The Morgan fingerprint density at radius 3 is 2.17 bits per heavy atom. The summed E-state index contributed by atoms with van der Waals surface area (Å²) in [5.41, 5.74) is 5.29. The van der Waals surface area contributed by atoms with Gasteiger partial charge in [0, 0.05) is 6.54 Å². The summed E-state index contributed by atoms with van der Waals surface area (Å²) in [6.07, 6.45) is 2.30. The first-order valence-electron chi connectivity index (χ1n) is 14.6. The molecule has 0 saturated heterocycles. The highest BCUT2D eigenvalue weighted by atomic mass is 16.7. The molecular weight excluding hydrogens is 518 g/mol. The number of phenolic OH excluding ortho intramolecular Hbond substituents is 1.